The van der Waals surface area contributed by atoms with Gasteiger partial charge < -0.3 is 15.2 Å². The highest BCUT2D eigenvalue weighted by atomic mass is 16.5. The van der Waals surface area contributed by atoms with Crippen molar-refractivity contribution in [3.8, 4) is 0 Å². The molecule has 0 saturated heterocycles. The van der Waals surface area contributed by atoms with Crippen LogP contribution in [-0.2, 0) is 10.3 Å². The number of aliphatic hydroxyl groups is 1. The van der Waals surface area contributed by atoms with E-state index in [2.05, 4.69) is 5.32 Å². The van der Waals surface area contributed by atoms with Gasteiger partial charge in [-0.15, -0.1) is 0 Å². The van der Waals surface area contributed by atoms with Crippen molar-refractivity contribution >= 4 is 5.69 Å². The minimum absolute atomic E-state index is 0.357. The smallest absolute Gasteiger partial charge is 0.160 e. The normalized spacial score (nSPS) is 31.2. The molecule has 0 fully saturated rings. The number of hydrogen-bond acceptors (Lipinski definition) is 3. The Morgan fingerprint density at radius 2 is 2.15 bits per heavy atom. The number of methoxy groups -OCH3 is 1. The van der Waals surface area contributed by atoms with Crippen molar-refractivity contribution in [1.29, 1.82) is 0 Å². The van der Waals surface area contributed by atoms with Crippen molar-refractivity contribution < 1.29 is 9.84 Å². The fourth-order valence-corrected chi connectivity index (χ4v) is 1.76. The van der Waals surface area contributed by atoms with Gasteiger partial charge in [-0.3, -0.25) is 0 Å². The first kappa shape index (κ1) is 8.53. The SMILES string of the molecule is COC1Nc2ccccc2C1(C)O. The molecule has 1 heterocycles. The van der Waals surface area contributed by atoms with Crippen molar-refractivity contribution in [1.82, 2.24) is 0 Å². The van der Waals surface area contributed by atoms with E-state index in [1.807, 2.05) is 24.3 Å². The van der Waals surface area contributed by atoms with Crippen molar-refractivity contribution in [2.75, 3.05) is 12.4 Å². The standard InChI is InChI=1S/C10H13NO2/c1-10(12)7-5-3-4-6-8(7)11-9(10)13-2/h3-6,9,11-12H,1-2H3. The van der Waals surface area contributed by atoms with E-state index >= 15 is 0 Å². The van der Waals surface area contributed by atoms with E-state index in [1.165, 1.54) is 0 Å². The van der Waals surface area contributed by atoms with Gasteiger partial charge in [0.2, 0.25) is 0 Å². The third-order valence-electron chi connectivity index (χ3n) is 2.51. The zero-order valence-electron chi connectivity index (χ0n) is 7.74. The Labute approximate surface area is 77.3 Å². The number of hydrogen-bond donors (Lipinski definition) is 2. The van der Waals surface area contributed by atoms with Crippen LogP contribution in [0.1, 0.15) is 12.5 Å². The number of benzene rings is 1. The fraction of sp³-hybridized carbons (Fsp3) is 0.400. The maximum absolute atomic E-state index is 10.1. The van der Waals surface area contributed by atoms with Crippen LogP contribution in [0.25, 0.3) is 0 Å². The van der Waals surface area contributed by atoms with Crippen LogP contribution in [0.15, 0.2) is 24.3 Å². The Morgan fingerprint density at radius 1 is 1.46 bits per heavy atom. The van der Waals surface area contributed by atoms with Crippen molar-refractivity contribution in [3.63, 3.8) is 0 Å². The second kappa shape index (κ2) is 2.72. The molecule has 2 rings (SSSR count). The molecule has 0 saturated carbocycles. The summed E-state index contributed by atoms with van der Waals surface area (Å²) in [6.45, 7) is 1.75. The maximum atomic E-state index is 10.1. The molecule has 0 aliphatic carbocycles. The first-order chi connectivity index (χ1) is 6.16. The van der Waals surface area contributed by atoms with Gasteiger partial charge in [0, 0.05) is 18.4 Å². The van der Waals surface area contributed by atoms with E-state index in [9.17, 15) is 5.11 Å². The molecule has 13 heavy (non-hydrogen) atoms. The first-order valence-electron chi connectivity index (χ1n) is 4.27. The van der Waals surface area contributed by atoms with Gasteiger partial charge in [-0.2, -0.15) is 0 Å². The summed E-state index contributed by atoms with van der Waals surface area (Å²) in [6, 6.07) is 7.68. The molecule has 0 aromatic heterocycles. The summed E-state index contributed by atoms with van der Waals surface area (Å²) in [7, 11) is 1.58. The van der Waals surface area contributed by atoms with Crippen molar-refractivity contribution in [2.45, 2.75) is 18.8 Å². The van der Waals surface area contributed by atoms with Crippen LogP contribution in [-0.4, -0.2) is 18.4 Å². The summed E-state index contributed by atoms with van der Waals surface area (Å²) in [6.07, 6.45) is -0.357. The van der Waals surface area contributed by atoms with E-state index in [4.69, 9.17) is 4.74 Å². The van der Waals surface area contributed by atoms with Gasteiger partial charge in [0.25, 0.3) is 0 Å². The average Bonchev–Trinajstić information content (AvgIpc) is 2.39. The molecule has 1 aliphatic rings. The Hall–Kier alpha value is -1.06. The molecule has 0 amide bonds. The van der Waals surface area contributed by atoms with Crippen molar-refractivity contribution in [3.05, 3.63) is 29.8 Å². The molecule has 2 atom stereocenters. The van der Waals surface area contributed by atoms with E-state index in [-0.39, 0.29) is 6.23 Å². The van der Waals surface area contributed by atoms with E-state index < -0.39 is 5.60 Å². The molecule has 1 aromatic carbocycles. The topological polar surface area (TPSA) is 41.5 Å². The quantitative estimate of drug-likeness (QED) is 0.682. The maximum Gasteiger partial charge on any atom is 0.160 e. The minimum Gasteiger partial charge on any atom is -0.381 e. The van der Waals surface area contributed by atoms with Gasteiger partial charge in [-0.05, 0) is 13.0 Å². The number of para-hydroxylation sites is 1. The van der Waals surface area contributed by atoms with Gasteiger partial charge >= 0.3 is 0 Å². The van der Waals surface area contributed by atoms with Crippen LogP contribution < -0.4 is 5.32 Å². The van der Waals surface area contributed by atoms with Crippen LogP contribution in [0.5, 0.6) is 0 Å². The lowest BCUT2D eigenvalue weighted by Crippen LogP contribution is -2.37. The minimum atomic E-state index is -0.939. The highest BCUT2D eigenvalue weighted by molar-refractivity contribution is 5.59. The van der Waals surface area contributed by atoms with Crippen LogP contribution >= 0.6 is 0 Å². The Morgan fingerprint density at radius 3 is 2.77 bits per heavy atom. The molecule has 2 unspecified atom stereocenters. The number of fused-ring (bicyclic) bond motifs is 1. The molecule has 1 aliphatic heterocycles. The largest absolute Gasteiger partial charge is 0.381 e. The van der Waals surface area contributed by atoms with Crippen LogP contribution in [0.2, 0.25) is 0 Å². The lowest BCUT2D eigenvalue weighted by molar-refractivity contribution is -0.0631. The first-order valence-corrected chi connectivity index (χ1v) is 4.27. The van der Waals surface area contributed by atoms with E-state index in [1.54, 1.807) is 14.0 Å². The zero-order chi connectivity index (χ0) is 9.47. The average molecular weight is 179 g/mol. The lowest BCUT2D eigenvalue weighted by atomic mass is 9.97. The van der Waals surface area contributed by atoms with Gasteiger partial charge in [0.15, 0.2) is 6.23 Å². The lowest BCUT2D eigenvalue weighted by Gasteiger charge is -2.24. The van der Waals surface area contributed by atoms with E-state index in [0.717, 1.165) is 11.3 Å². The second-order valence-corrected chi connectivity index (χ2v) is 3.45. The third kappa shape index (κ3) is 1.12. The Bertz CT molecular complexity index is 322. The van der Waals surface area contributed by atoms with E-state index in [0.29, 0.717) is 0 Å². The number of rotatable bonds is 1. The van der Waals surface area contributed by atoms with Crippen LogP contribution in [0, 0.1) is 0 Å². The summed E-state index contributed by atoms with van der Waals surface area (Å²) in [5, 5.41) is 13.2. The molecule has 0 spiro atoms. The summed E-state index contributed by atoms with van der Waals surface area (Å²) in [5.74, 6) is 0. The molecule has 3 heteroatoms. The summed E-state index contributed by atoms with van der Waals surface area (Å²) in [4.78, 5) is 0. The van der Waals surface area contributed by atoms with Gasteiger partial charge in [0.1, 0.15) is 5.60 Å². The molecule has 1 aromatic rings. The molecular formula is C10H13NO2. The Kier molecular flexibility index (Phi) is 1.78. The fourth-order valence-electron chi connectivity index (χ4n) is 1.76. The summed E-state index contributed by atoms with van der Waals surface area (Å²) < 4.78 is 5.15. The molecule has 3 nitrogen and oxygen atoms in total. The highest BCUT2D eigenvalue weighted by Gasteiger charge is 2.41. The van der Waals surface area contributed by atoms with Crippen molar-refractivity contribution in [2.24, 2.45) is 0 Å². The van der Waals surface area contributed by atoms with Crippen LogP contribution in [0.3, 0.4) is 0 Å². The number of nitrogens with one attached hydrogen (secondary N) is 1. The number of ether oxygens (including phenoxy) is 1. The zero-order valence-corrected chi connectivity index (χ0v) is 7.74. The molecule has 2 N–H and O–H groups in total. The predicted octanol–water partition coefficient (Wildman–Crippen LogP) is 1.29. The Balaban J connectivity index is 2.47. The molecule has 0 bridgehead atoms. The highest BCUT2D eigenvalue weighted by Crippen LogP contribution is 2.38. The van der Waals surface area contributed by atoms with Gasteiger partial charge in [0.05, 0.1) is 0 Å². The predicted molar refractivity (Wildman–Crippen MR) is 50.4 cm³/mol. The number of anilines is 1. The monoisotopic (exact) mass is 179 g/mol. The third-order valence-corrected chi connectivity index (χ3v) is 2.51. The molecule has 70 valence electrons. The van der Waals surface area contributed by atoms with Gasteiger partial charge in [-0.25, -0.2) is 0 Å². The summed E-state index contributed by atoms with van der Waals surface area (Å²) in [5.41, 5.74) is 0.895. The second-order valence-electron chi connectivity index (χ2n) is 3.45. The molecular weight excluding hydrogens is 166 g/mol. The van der Waals surface area contributed by atoms with Gasteiger partial charge in [-0.1, -0.05) is 18.2 Å². The van der Waals surface area contributed by atoms with Crippen LogP contribution in [0.4, 0.5) is 5.69 Å². The molecule has 0 radical (unpaired) electrons. The summed E-state index contributed by atoms with van der Waals surface area (Å²) >= 11 is 0.